The molecule has 1 aliphatic heterocycles. The van der Waals surface area contributed by atoms with Crippen molar-refractivity contribution in [3.8, 4) is 5.75 Å². The smallest absolute Gasteiger partial charge is 0.417 e. The average Bonchev–Trinajstić information content (AvgIpc) is 3.40. The summed E-state index contributed by atoms with van der Waals surface area (Å²) in [6.07, 6.45) is -3.87. The van der Waals surface area contributed by atoms with Gasteiger partial charge in [0.15, 0.2) is 17.2 Å². The molecule has 5 atom stereocenters. The molecule has 9 nitrogen and oxygen atoms in total. The van der Waals surface area contributed by atoms with E-state index in [0.717, 1.165) is 13.0 Å². The Morgan fingerprint density at radius 3 is 2.46 bits per heavy atom. The number of rotatable bonds is 5. The van der Waals surface area contributed by atoms with Crippen LogP contribution in [0.2, 0.25) is 0 Å². The molecule has 2 fully saturated rings. The minimum atomic E-state index is -4.85. The normalized spacial score (nSPS) is 30.0. The lowest BCUT2D eigenvalue weighted by atomic mass is 9.57. The summed E-state index contributed by atoms with van der Waals surface area (Å²) in [7, 11) is 1.57. The number of aromatic hydroxyl groups is 1. The number of hydrogen-bond donors (Lipinski definition) is 5. The van der Waals surface area contributed by atoms with Gasteiger partial charge in [0.1, 0.15) is 22.8 Å². The highest BCUT2D eigenvalue weighted by Gasteiger charge is 2.64. The monoisotopic (exact) mass is 578 g/mol. The molecule has 0 bridgehead atoms. The van der Waals surface area contributed by atoms with Crippen LogP contribution in [0.3, 0.4) is 0 Å². The number of Topliss-reactive ketones (excluding diaryl/α,β-unsaturated/α-hetero) is 3. The van der Waals surface area contributed by atoms with Gasteiger partial charge in [-0.15, -0.1) is 0 Å². The lowest BCUT2D eigenvalue weighted by Crippen LogP contribution is -2.66. The van der Waals surface area contributed by atoms with Gasteiger partial charge in [-0.2, -0.15) is 13.2 Å². The zero-order valence-electron chi connectivity index (χ0n) is 22.9. The van der Waals surface area contributed by atoms with Crippen LogP contribution < -0.4 is 5.32 Å². The van der Waals surface area contributed by atoms with E-state index in [0.29, 0.717) is 32.4 Å². The third-order valence-corrected chi connectivity index (χ3v) is 9.07. The number of benzene rings is 1. The van der Waals surface area contributed by atoms with Crippen molar-refractivity contribution in [2.45, 2.75) is 69.8 Å². The quantitative estimate of drug-likeness (QED) is 0.332. The number of nitrogens with one attached hydrogen (secondary N) is 1. The van der Waals surface area contributed by atoms with Crippen LogP contribution in [0.4, 0.5) is 13.2 Å². The summed E-state index contributed by atoms with van der Waals surface area (Å²) in [5.74, 6) is -7.94. The molecule has 3 aliphatic carbocycles. The Hall–Kier alpha value is -3.22. The number of ketones is 3. The molecular formula is C29H33F3N2O7. The van der Waals surface area contributed by atoms with Crippen molar-refractivity contribution in [1.29, 1.82) is 0 Å². The van der Waals surface area contributed by atoms with E-state index in [9.17, 15) is 48.0 Å². The number of carbonyl (C=O) groups is 3. The fourth-order valence-electron chi connectivity index (χ4n) is 7.41. The standard InChI is InChI=1S/C29H33F3N2O7/c1-4-8-34(3)23-16-10-13-9-15-21(18(36)11-14(17-6-5-7-33-17)22(15)29(30,31)32)24(37)20(13)27(40)28(16,41)26(39)19(12(2)35)25(23)38/h11,13,16-17,23,33,36-37,39,41H,4-10H2,1-3H3/t13-,16-,17?,23-,28+/m0/s1. The number of hydrogen-bond acceptors (Lipinski definition) is 9. The Morgan fingerprint density at radius 2 is 1.90 bits per heavy atom. The van der Waals surface area contributed by atoms with Gasteiger partial charge in [0.25, 0.3) is 0 Å². The summed E-state index contributed by atoms with van der Waals surface area (Å²) in [5.41, 5.74) is -6.03. The van der Waals surface area contributed by atoms with E-state index in [4.69, 9.17) is 0 Å². The molecule has 1 heterocycles. The Balaban J connectivity index is 1.75. The maximum Gasteiger partial charge on any atom is 0.417 e. The van der Waals surface area contributed by atoms with Crippen LogP contribution in [0.15, 0.2) is 23.0 Å². The largest absolute Gasteiger partial charge is 0.508 e. The van der Waals surface area contributed by atoms with Gasteiger partial charge in [-0.25, -0.2) is 0 Å². The summed E-state index contributed by atoms with van der Waals surface area (Å²) in [4.78, 5) is 41.5. The first kappa shape index (κ1) is 29.3. The molecule has 1 unspecified atom stereocenters. The number of fused-ring (bicyclic) bond motifs is 3. The average molecular weight is 579 g/mol. The van der Waals surface area contributed by atoms with Crippen LogP contribution in [0, 0.1) is 11.8 Å². The first-order valence-corrected chi connectivity index (χ1v) is 13.7. The van der Waals surface area contributed by atoms with E-state index >= 15 is 0 Å². The summed E-state index contributed by atoms with van der Waals surface area (Å²) in [6, 6.07) is -0.941. The minimum Gasteiger partial charge on any atom is -0.508 e. The third-order valence-electron chi connectivity index (χ3n) is 9.07. The van der Waals surface area contributed by atoms with E-state index in [1.54, 1.807) is 11.9 Å². The lowest BCUT2D eigenvalue weighted by Gasteiger charge is -2.51. The number of phenols is 1. The maximum atomic E-state index is 14.6. The van der Waals surface area contributed by atoms with E-state index in [1.165, 1.54) is 0 Å². The third kappa shape index (κ3) is 4.21. The van der Waals surface area contributed by atoms with Gasteiger partial charge in [-0.3, -0.25) is 19.3 Å². The van der Waals surface area contributed by atoms with Crippen LogP contribution in [0.1, 0.15) is 67.8 Å². The molecule has 1 saturated carbocycles. The second-order valence-electron chi connectivity index (χ2n) is 11.5. The van der Waals surface area contributed by atoms with E-state index < -0.39 is 99.0 Å². The second-order valence-corrected chi connectivity index (χ2v) is 11.5. The zero-order valence-corrected chi connectivity index (χ0v) is 22.9. The van der Waals surface area contributed by atoms with Crippen LogP contribution >= 0.6 is 0 Å². The highest BCUT2D eigenvalue weighted by atomic mass is 19.4. The van der Waals surface area contributed by atoms with Crippen LogP contribution in [0.25, 0.3) is 5.76 Å². The molecule has 1 aromatic carbocycles. The van der Waals surface area contributed by atoms with Crippen molar-refractivity contribution < 1.29 is 48.0 Å². The molecule has 1 aromatic rings. The summed E-state index contributed by atoms with van der Waals surface area (Å²) >= 11 is 0. The molecule has 5 rings (SSSR count). The van der Waals surface area contributed by atoms with Crippen molar-refractivity contribution in [3.05, 3.63) is 45.2 Å². The number of phenolic OH excluding ortho intramolecular Hbond substituents is 1. The maximum absolute atomic E-state index is 14.6. The molecule has 0 aromatic heterocycles. The second kappa shape index (κ2) is 9.95. The van der Waals surface area contributed by atoms with Gasteiger partial charge >= 0.3 is 6.18 Å². The number of likely N-dealkylation sites (N-methyl/N-ethyl adjacent to an activating group) is 1. The number of halogens is 3. The Bertz CT molecular complexity index is 1410. The molecule has 0 radical (unpaired) electrons. The molecule has 4 aliphatic rings. The van der Waals surface area contributed by atoms with Crippen LogP contribution in [-0.4, -0.2) is 74.5 Å². The van der Waals surface area contributed by atoms with Gasteiger partial charge < -0.3 is 25.7 Å². The summed E-state index contributed by atoms with van der Waals surface area (Å²) in [6.45, 7) is 3.68. The Labute approximate surface area is 234 Å². The molecule has 222 valence electrons. The van der Waals surface area contributed by atoms with E-state index in [1.807, 2.05) is 6.92 Å². The predicted octanol–water partition coefficient (Wildman–Crippen LogP) is 3.29. The van der Waals surface area contributed by atoms with Gasteiger partial charge in [0, 0.05) is 17.5 Å². The van der Waals surface area contributed by atoms with Gasteiger partial charge in [0.2, 0.25) is 5.78 Å². The van der Waals surface area contributed by atoms with Crippen molar-refractivity contribution in [2.24, 2.45) is 11.8 Å². The number of nitrogens with zero attached hydrogens (tertiary/aromatic N) is 1. The van der Waals surface area contributed by atoms with Gasteiger partial charge in [-0.1, -0.05) is 6.92 Å². The molecule has 0 amide bonds. The number of aliphatic hydroxyl groups excluding tert-OH is 2. The molecule has 41 heavy (non-hydrogen) atoms. The van der Waals surface area contributed by atoms with Crippen LogP contribution in [-0.2, 0) is 27.0 Å². The van der Waals surface area contributed by atoms with Gasteiger partial charge in [0.05, 0.1) is 17.2 Å². The highest BCUT2D eigenvalue weighted by Crippen LogP contribution is 2.55. The first-order chi connectivity index (χ1) is 19.2. The SMILES string of the molecule is CCCN(C)[C@@H]1C(=O)C(C(C)=O)=C(O)[C@@]2(O)C(=O)C3=C(O)c4c(O)cc(C5CCCN5)c(C(F)(F)F)c4C[C@H]3C[C@@H]12. The number of alkyl halides is 3. The molecular weight excluding hydrogens is 545 g/mol. The summed E-state index contributed by atoms with van der Waals surface area (Å²) in [5, 5.41) is 48.0. The van der Waals surface area contributed by atoms with Crippen molar-refractivity contribution in [3.63, 3.8) is 0 Å². The predicted molar refractivity (Wildman–Crippen MR) is 140 cm³/mol. The number of carbonyl (C=O) groups excluding carboxylic acids is 3. The van der Waals surface area contributed by atoms with Crippen molar-refractivity contribution >= 4 is 23.1 Å². The number of aliphatic hydroxyl groups is 3. The zero-order chi connectivity index (χ0) is 30.2. The van der Waals surface area contributed by atoms with E-state index in [-0.39, 0.29) is 17.5 Å². The van der Waals surface area contributed by atoms with Gasteiger partial charge in [-0.05, 0) is 82.3 Å². The van der Waals surface area contributed by atoms with Crippen LogP contribution in [0.5, 0.6) is 5.75 Å². The highest BCUT2D eigenvalue weighted by molar-refractivity contribution is 6.25. The molecule has 12 heteroatoms. The minimum absolute atomic E-state index is 0.152. The fraction of sp³-hybridized carbons (Fsp3) is 0.552. The topological polar surface area (TPSA) is 147 Å². The molecule has 1 saturated heterocycles. The Morgan fingerprint density at radius 1 is 1.22 bits per heavy atom. The fourth-order valence-corrected chi connectivity index (χ4v) is 7.41. The first-order valence-electron chi connectivity index (χ1n) is 13.7. The molecule has 5 N–H and O–H groups in total. The Kier molecular flexibility index (Phi) is 7.11. The van der Waals surface area contributed by atoms with E-state index in [2.05, 4.69) is 5.32 Å². The molecule has 0 spiro atoms. The summed E-state index contributed by atoms with van der Waals surface area (Å²) < 4.78 is 43.8. The lowest BCUT2D eigenvalue weighted by molar-refractivity contribution is -0.154. The van der Waals surface area contributed by atoms with Crippen molar-refractivity contribution in [1.82, 2.24) is 10.2 Å². The van der Waals surface area contributed by atoms with Crippen molar-refractivity contribution in [2.75, 3.05) is 20.1 Å².